The highest BCUT2D eigenvalue weighted by molar-refractivity contribution is 7.99. The van der Waals surface area contributed by atoms with Gasteiger partial charge in [-0.15, -0.1) is 0 Å². The summed E-state index contributed by atoms with van der Waals surface area (Å²) < 4.78 is 40.9. The number of hydrogen-bond acceptors (Lipinski definition) is 4. The summed E-state index contributed by atoms with van der Waals surface area (Å²) in [7, 11) is -3.62. The van der Waals surface area contributed by atoms with Crippen molar-refractivity contribution >= 4 is 21.8 Å². The molecule has 0 bridgehead atoms. The maximum atomic E-state index is 13.4. The first kappa shape index (κ1) is 16.7. The molecular weight excluding hydrogens is 311 g/mol. The molecule has 3 N–H and O–H groups in total. The molecule has 1 aromatic carbocycles. The van der Waals surface area contributed by atoms with Crippen LogP contribution in [0.1, 0.15) is 31.2 Å². The van der Waals surface area contributed by atoms with E-state index in [0.29, 0.717) is 5.25 Å². The molecule has 1 aliphatic rings. The average molecular weight is 332 g/mol. The molecule has 1 aromatic rings. The molecule has 0 radical (unpaired) electrons. The number of nitrogens with two attached hydrogens (primary N) is 1. The molecule has 1 aliphatic carbocycles. The van der Waals surface area contributed by atoms with Gasteiger partial charge in [-0.1, -0.05) is 6.42 Å². The Morgan fingerprint density at radius 2 is 2.19 bits per heavy atom. The Balaban J connectivity index is 2.14. The Labute approximate surface area is 129 Å². The lowest BCUT2D eigenvalue weighted by atomic mass is 9.96. The second-order valence-electron chi connectivity index (χ2n) is 5.30. The minimum Gasteiger partial charge on any atom is -0.326 e. The van der Waals surface area contributed by atoms with E-state index < -0.39 is 15.8 Å². The SMILES string of the molecule is CSC1CCCC(NS(=O)(=O)c2ccc(F)c(CN)c2)C1. The van der Waals surface area contributed by atoms with Crippen molar-refractivity contribution in [2.24, 2.45) is 5.73 Å². The van der Waals surface area contributed by atoms with Crippen molar-refractivity contribution in [1.29, 1.82) is 0 Å². The van der Waals surface area contributed by atoms with Crippen LogP contribution in [0.15, 0.2) is 23.1 Å². The molecule has 1 saturated carbocycles. The number of thioether (sulfide) groups is 1. The quantitative estimate of drug-likeness (QED) is 0.867. The van der Waals surface area contributed by atoms with Crippen LogP contribution in [0.5, 0.6) is 0 Å². The van der Waals surface area contributed by atoms with Crippen LogP contribution >= 0.6 is 11.8 Å². The second-order valence-corrected chi connectivity index (χ2v) is 8.15. The lowest BCUT2D eigenvalue weighted by Crippen LogP contribution is -2.39. The molecule has 0 heterocycles. The van der Waals surface area contributed by atoms with Gasteiger partial charge in [0.25, 0.3) is 0 Å². The Morgan fingerprint density at radius 3 is 2.86 bits per heavy atom. The molecule has 4 nitrogen and oxygen atoms in total. The van der Waals surface area contributed by atoms with Gasteiger partial charge in [0.15, 0.2) is 0 Å². The molecule has 2 atom stereocenters. The molecule has 0 aromatic heterocycles. The summed E-state index contributed by atoms with van der Waals surface area (Å²) in [5, 5.41) is 0.499. The fourth-order valence-corrected chi connectivity index (χ4v) is 4.79. The molecule has 0 aliphatic heterocycles. The summed E-state index contributed by atoms with van der Waals surface area (Å²) in [4.78, 5) is 0.0793. The van der Waals surface area contributed by atoms with E-state index >= 15 is 0 Å². The van der Waals surface area contributed by atoms with Crippen LogP contribution in [0, 0.1) is 5.82 Å². The first-order chi connectivity index (χ1) is 9.96. The predicted molar refractivity (Wildman–Crippen MR) is 84.2 cm³/mol. The van der Waals surface area contributed by atoms with E-state index in [-0.39, 0.29) is 23.0 Å². The van der Waals surface area contributed by atoms with Crippen molar-refractivity contribution in [3.63, 3.8) is 0 Å². The Hall–Kier alpha value is -0.630. The molecule has 21 heavy (non-hydrogen) atoms. The summed E-state index contributed by atoms with van der Waals surface area (Å²) in [6, 6.07) is 3.70. The lowest BCUT2D eigenvalue weighted by Gasteiger charge is -2.28. The van der Waals surface area contributed by atoms with Gasteiger partial charge in [0, 0.05) is 23.4 Å². The summed E-state index contributed by atoms with van der Waals surface area (Å²) in [5.74, 6) is -0.475. The Morgan fingerprint density at radius 1 is 1.43 bits per heavy atom. The standard InChI is InChI=1S/C14H21FN2O2S2/c1-20-12-4-2-3-11(8-12)17-21(18,19)13-5-6-14(15)10(7-13)9-16/h5-7,11-12,17H,2-4,8-9,16H2,1H3. The van der Waals surface area contributed by atoms with Crippen LogP contribution in [-0.4, -0.2) is 26.0 Å². The zero-order valence-electron chi connectivity index (χ0n) is 12.0. The third-order valence-corrected chi connectivity index (χ3v) is 6.44. The summed E-state index contributed by atoms with van der Waals surface area (Å²) in [5.41, 5.74) is 5.64. The second kappa shape index (κ2) is 7.09. The Bertz CT molecular complexity index is 593. The normalized spacial score (nSPS) is 23.2. The van der Waals surface area contributed by atoms with Crippen molar-refractivity contribution in [3.05, 3.63) is 29.6 Å². The summed E-state index contributed by atoms with van der Waals surface area (Å²) in [6.07, 6.45) is 5.89. The summed E-state index contributed by atoms with van der Waals surface area (Å²) >= 11 is 1.78. The number of benzene rings is 1. The molecule has 2 rings (SSSR count). The summed E-state index contributed by atoms with van der Waals surface area (Å²) in [6.45, 7) is -0.0207. The van der Waals surface area contributed by atoms with E-state index in [4.69, 9.17) is 5.73 Å². The van der Waals surface area contributed by atoms with Crippen molar-refractivity contribution in [2.75, 3.05) is 6.26 Å². The van der Waals surface area contributed by atoms with Gasteiger partial charge in [-0.25, -0.2) is 17.5 Å². The van der Waals surface area contributed by atoms with E-state index in [0.717, 1.165) is 31.7 Å². The lowest BCUT2D eigenvalue weighted by molar-refractivity contribution is 0.420. The average Bonchev–Trinajstić information content (AvgIpc) is 2.47. The van der Waals surface area contributed by atoms with Gasteiger partial charge >= 0.3 is 0 Å². The van der Waals surface area contributed by atoms with Crippen LogP contribution in [0.2, 0.25) is 0 Å². The number of hydrogen-bond donors (Lipinski definition) is 2. The van der Waals surface area contributed by atoms with Crippen LogP contribution < -0.4 is 10.5 Å². The van der Waals surface area contributed by atoms with Crippen LogP contribution in [0.4, 0.5) is 4.39 Å². The minimum absolute atomic E-state index is 0.0207. The monoisotopic (exact) mass is 332 g/mol. The van der Waals surface area contributed by atoms with Gasteiger partial charge in [-0.05, 0) is 43.7 Å². The fourth-order valence-electron chi connectivity index (χ4n) is 2.63. The number of halogens is 1. The molecule has 1 fully saturated rings. The number of rotatable bonds is 5. The molecular formula is C14H21FN2O2S2. The van der Waals surface area contributed by atoms with E-state index in [1.807, 2.05) is 0 Å². The van der Waals surface area contributed by atoms with Gasteiger partial charge in [-0.3, -0.25) is 0 Å². The van der Waals surface area contributed by atoms with Crippen molar-refractivity contribution in [2.45, 2.75) is 48.4 Å². The van der Waals surface area contributed by atoms with E-state index in [2.05, 4.69) is 11.0 Å². The largest absolute Gasteiger partial charge is 0.326 e. The highest BCUT2D eigenvalue weighted by atomic mass is 32.2. The van der Waals surface area contributed by atoms with Crippen molar-refractivity contribution in [3.8, 4) is 0 Å². The molecule has 118 valence electrons. The molecule has 0 amide bonds. The maximum Gasteiger partial charge on any atom is 0.240 e. The first-order valence-corrected chi connectivity index (χ1v) is 9.77. The van der Waals surface area contributed by atoms with E-state index in [1.165, 1.54) is 12.1 Å². The van der Waals surface area contributed by atoms with E-state index in [1.54, 1.807) is 11.8 Å². The van der Waals surface area contributed by atoms with Crippen LogP contribution in [-0.2, 0) is 16.6 Å². The van der Waals surface area contributed by atoms with Gasteiger partial charge in [0.1, 0.15) is 5.82 Å². The van der Waals surface area contributed by atoms with Crippen molar-refractivity contribution in [1.82, 2.24) is 4.72 Å². The Kier molecular flexibility index (Phi) is 5.65. The smallest absolute Gasteiger partial charge is 0.240 e. The van der Waals surface area contributed by atoms with Crippen molar-refractivity contribution < 1.29 is 12.8 Å². The van der Waals surface area contributed by atoms with E-state index in [9.17, 15) is 12.8 Å². The minimum atomic E-state index is -3.62. The highest BCUT2D eigenvalue weighted by Gasteiger charge is 2.26. The van der Waals surface area contributed by atoms with Gasteiger partial charge in [0.05, 0.1) is 4.90 Å². The van der Waals surface area contributed by atoms with Crippen LogP contribution in [0.3, 0.4) is 0 Å². The third-order valence-electron chi connectivity index (χ3n) is 3.83. The van der Waals surface area contributed by atoms with Gasteiger partial charge in [-0.2, -0.15) is 11.8 Å². The fraction of sp³-hybridized carbons (Fsp3) is 0.571. The highest BCUT2D eigenvalue weighted by Crippen LogP contribution is 2.28. The molecule has 2 unspecified atom stereocenters. The molecule has 0 spiro atoms. The number of nitrogens with one attached hydrogen (secondary N) is 1. The maximum absolute atomic E-state index is 13.4. The van der Waals surface area contributed by atoms with Gasteiger partial charge in [0.2, 0.25) is 10.0 Å². The molecule has 7 heteroatoms. The van der Waals surface area contributed by atoms with Gasteiger partial charge < -0.3 is 5.73 Å². The predicted octanol–water partition coefficient (Wildman–Crippen LogP) is 2.24. The zero-order valence-corrected chi connectivity index (χ0v) is 13.6. The van der Waals surface area contributed by atoms with Crippen LogP contribution in [0.25, 0.3) is 0 Å². The third kappa shape index (κ3) is 4.18. The topological polar surface area (TPSA) is 72.2 Å². The number of sulfonamides is 1. The first-order valence-electron chi connectivity index (χ1n) is 7.00. The zero-order chi connectivity index (χ0) is 15.5. The molecule has 0 saturated heterocycles.